The Morgan fingerprint density at radius 1 is 0.807 bits per heavy atom. The van der Waals surface area contributed by atoms with E-state index in [0.717, 1.165) is 62.2 Å². The molecule has 2 atom stereocenters. The van der Waals surface area contributed by atoms with E-state index in [0.29, 0.717) is 12.2 Å². The van der Waals surface area contributed by atoms with E-state index in [4.69, 9.17) is 9.47 Å². The SMILES string of the molecule is CC.CC.CC.CC.COc1ccc(N2CCN(c3ccc(-n4cnn(C[C@H](C)O)c4=O)cc3)CC2)cc1.Cn1cncn1.Fc1ccc([C@H]2CCCO2)c(F)c1. The molecule has 3 aromatic carbocycles. The highest BCUT2D eigenvalue weighted by Gasteiger charge is 2.21. The molecular formula is C43H66F2N8O4. The minimum absolute atomic E-state index is 0.180. The van der Waals surface area contributed by atoms with Gasteiger partial charge in [-0.1, -0.05) is 61.5 Å². The summed E-state index contributed by atoms with van der Waals surface area (Å²) in [5.41, 5.74) is 3.32. The predicted octanol–water partition coefficient (Wildman–Crippen LogP) is 8.49. The van der Waals surface area contributed by atoms with Crippen molar-refractivity contribution in [3.63, 3.8) is 0 Å². The van der Waals surface area contributed by atoms with Crippen LogP contribution in [0.1, 0.15) is 86.8 Å². The summed E-state index contributed by atoms with van der Waals surface area (Å²) in [4.78, 5) is 20.8. The Hall–Kier alpha value is -5.08. The lowest BCUT2D eigenvalue weighted by molar-refractivity contribution is 0.109. The average Bonchev–Trinajstić information content (AvgIpc) is 4.06. The van der Waals surface area contributed by atoms with Crippen LogP contribution in [0.5, 0.6) is 5.75 Å². The van der Waals surface area contributed by atoms with Crippen LogP contribution in [0.15, 0.2) is 90.5 Å². The number of aromatic nitrogens is 6. The molecule has 2 aliphatic heterocycles. The summed E-state index contributed by atoms with van der Waals surface area (Å²) in [6.45, 7) is 22.2. The monoisotopic (exact) mass is 797 g/mol. The van der Waals surface area contributed by atoms with Crippen molar-refractivity contribution in [3.05, 3.63) is 113 Å². The molecule has 2 aliphatic rings. The van der Waals surface area contributed by atoms with Gasteiger partial charge in [0.25, 0.3) is 0 Å². The van der Waals surface area contributed by atoms with Gasteiger partial charge in [0, 0.05) is 62.8 Å². The minimum atomic E-state index is -0.620. The summed E-state index contributed by atoms with van der Waals surface area (Å²) in [5.74, 6) is -0.181. The molecule has 316 valence electrons. The largest absolute Gasteiger partial charge is 0.497 e. The van der Waals surface area contributed by atoms with E-state index >= 15 is 0 Å². The van der Waals surface area contributed by atoms with Crippen LogP contribution in [-0.2, 0) is 18.3 Å². The fraction of sp³-hybridized carbons (Fsp3) is 0.488. The Morgan fingerprint density at radius 3 is 1.77 bits per heavy atom. The molecule has 0 amide bonds. The second kappa shape index (κ2) is 28.3. The van der Waals surface area contributed by atoms with Crippen molar-refractivity contribution in [1.29, 1.82) is 0 Å². The molecule has 2 saturated heterocycles. The number of piperazine rings is 1. The minimum Gasteiger partial charge on any atom is -0.497 e. The van der Waals surface area contributed by atoms with Gasteiger partial charge >= 0.3 is 5.69 Å². The number of methoxy groups -OCH3 is 1. The normalized spacial score (nSPS) is 14.5. The highest BCUT2D eigenvalue weighted by atomic mass is 19.1. The molecule has 7 rings (SSSR count). The lowest BCUT2D eigenvalue weighted by Crippen LogP contribution is -2.46. The maximum absolute atomic E-state index is 13.2. The molecule has 1 N–H and O–H groups in total. The maximum atomic E-state index is 13.2. The van der Waals surface area contributed by atoms with Crippen LogP contribution in [0.4, 0.5) is 20.2 Å². The van der Waals surface area contributed by atoms with Crippen LogP contribution >= 0.6 is 0 Å². The molecule has 5 aromatic rings. The van der Waals surface area contributed by atoms with Crippen LogP contribution in [0.2, 0.25) is 0 Å². The van der Waals surface area contributed by atoms with Crippen molar-refractivity contribution in [2.75, 3.05) is 49.7 Å². The lowest BCUT2D eigenvalue weighted by Gasteiger charge is -2.37. The maximum Gasteiger partial charge on any atom is 0.350 e. The number of ether oxygens (including phenoxy) is 2. The van der Waals surface area contributed by atoms with Gasteiger partial charge in [0.1, 0.15) is 36.4 Å². The Morgan fingerprint density at radius 2 is 1.35 bits per heavy atom. The Balaban J connectivity index is 0.000000493. The molecule has 0 aliphatic carbocycles. The Kier molecular flexibility index (Phi) is 24.8. The number of hydrogen-bond acceptors (Lipinski definition) is 9. The van der Waals surface area contributed by atoms with Gasteiger partial charge in [0.15, 0.2) is 0 Å². The zero-order valence-electron chi connectivity index (χ0n) is 35.9. The average molecular weight is 797 g/mol. The lowest BCUT2D eigenvalue weighted by atomic mass is 10.1. The van der Waals surface area contributed by atoms with E-state index < -0.39 is 17.7 Å². The van der Waals surface area contributed by atoms with Gasteiger partial charge < -0.3 is 24.4 Å². The molecule has 0 bridgehead atoms. The number of aliphatic hydroxyl groups excluding tert-OH is 1. The Bertz CT molecular complexity index is 1780. The number of aliphatic hydroxyl groups is 1. The van der Waals surface area contributed by atoms with Gasteiger partial charge in [-0.05, 0) is 74.4 Å². The fourth-order valence-electron chi connectivity index (χ4n) is 5.58. The molecule has 0 unspecified atom stereocenters. The number of aryl methyl sites for hydroxylation is 1. The second-order valence-electron chi connectivity index (χ2n) is 11.7. The van der Waals surface area contributed by atoms with Gasteiger partial charge in [-0.25, -0.2) is 27.8 Å². The van der Waals surface area contributed by atoms with E-state index in [1.54, 1.807) is 25.0 Å². The summed E-state index contributed by atoms with van der Waals surface area (Å²) in [6, 6.07) is 19.7. The van der Waals surface area contributed by atoms with Gasteiger partial charge in [0.05, 0.1) is 31.5 Å². The van der Waals surface area contributed by atoms with Crippen molar-refractivity contribution in [2.45, 2.75) is 93.9 Å². The number of halogens is 2. The highest BCUT2D eigenvalue weighted by Crippen LogP contribution is 2.30. The smallest absolute Gasteiger partial charge is 0.350 e. The van der Waals surface area contributed by atoms with E-state index in [-0.39, 0.29) is 18.3 Å². The third-order valence-corrected chi connectivity index (χ3v) is 8.15. The van der Waals surface area contributed by atoms with Gasteiger partial charge in [-0.2, -0.15) is 10.2 Å². The third kappa shape index (κ3) is 16.1. The van der Waals surface area contributed by atoms with Gasteiger partial charge in [-0.15, -0.1) is 0 Å². The van der Waals surface area contributed by atoms with Crippen LogP contribution < -0.4 is 20.2 Å². The number of nitrogens with zero attached hydrogens (tertiary/aromatic N) is 8. The molecule has 4 heterocycles. The van der Waals surface area contributed by atoms with Gasteiger partial charge in [0.2, 0.25) is 0 Å². The van der Waals surface area contributed by atoms with Crippen molar-refractivity contribution in [2.24, 2.45) is 7.05 Å². The highest BCUT2D eigenvalue weighted by molar-refractivity contribution is 5.54. The number of hydrogen-bond donors (Lipinski definition) is 1. The molecule has 0 spiro atoms. The van der Waals surface area contributed by atoms with Gasteiger partial charge in [-0.3, -0.25) is 4.68 Å². The first-order chi connectivity index (χ1) is 27.7. The van der Waals surface area contributed by atoms with Crippen molar-refractivity contribution < 1.29 is 23.4 Å². The first-order valence-electron chi connectivity index (χ1n) is 20.1. The molecule has 57 heavy (non-hydrogen) atoms. The van der Waals surface area contributed by atoms with E-state index in [1.165, 1.54) is 39.7 Å². The van der Waals surface area contributed by atoms with Crippen LogP contribution in [-0.4, -0.2) is 80.2 Å². The number of benzene rings is 3. The van der Waals surface area contributed by atoms with E-state index in [1.807, 2.05) is 98.8 Å². The third-order valence-electron chi connectivity index (χ3n) is 8.15. The van der Waals surface area contributed by atoms with E-state index in [2.05, 4.69) is 37.1 Å². The zero-order valence-corrected chi connectivity index (χ0v) is 35.9. The molecule has 14 heteroatoms. The van der Waals surface area contributed by atoms with Crippen LogP contribution in [0.3, 0.4) is 0 Å². The van der Waals surface area contributed by atoms with Crippen molar-refractivity contribution in [1.82, 2.24) is 29.1 Å². The number of anilines is 2. The second-order valence-corrected chi connectivity index (χ2v) is 11.7. The Labute approximate surface area is 338 Å². The van der Waals surface area contributed by atoms with Crippen LogP contribution in [0, 0.1) is 11.6 Å². The quantitative estimate of drug-likeness (QED) is 0.173. The fourth-order valence-corrected chi connectivity index (χ4v) is 5.58. The molecule has 12 nitrogen and oxygen atoms in total. The van der Waals surface area contributed by atoms with Crippen molar-refractivity contribution >= 4 is 11.4 Å². The predicted molar refractivity (Wildman–Crippen MR) is 228 cm³/mol. The molecule has 2 fully saturated rings. The summed E-state index contributed by atoms with van der Waals surface area (Å²) in [5, 5.41) is 17.3. The molecule has 2 aromatic heterocycles. The first kappa shape index (κ1) is 49.9. The summed E-state index contributed by atoms with van der Waals surface area (Å²) in [7, 11) is 3.50. The summed E-state index contributed by atoms with van der Waals surface area (Å²) < 4.78 is 40.7. The zero-order chi connectivity index (χ0) is 42.8. The standard InChI is InChI=1S/C22H27N5O3.C10H10F2O.C3H5N3.4C2H6/c1-17(28)15-27-22(29)26(16-23-27)20-5-3-18(4-6-20)24-11-13-25(14-12-24)19-7-9-21(30-2)10-8-19;11-7-3-4-8(9(12)6-7)10-2-1-5-13-10;1-6-3-4-2-5-6;4*1-2/h3-10,16-17,28H,11-15H2,1-2H3;3-4,6,10H,1-2,5H2;2-3H,1H3;4*1-2H3/t17-;10-;;;;;/m01...../s1. The number of rotatable bonds is 7. The molecule has 0 radical (unpaired) electrons. The van der Waals surface area contributed by atoms with E-state index in [9.17, 15) is 18.7 Å². The first-order valence-corrected chi connectivity index (χ1v) is 20.1. The summed E-state index contributed by atoms with van der Waals surface area (Å²) >= 11 is 0. The summed E-state index contributed by atoms with van der Waals surface area (Å²) in [6.07, 6.45) is 5.60. The molecular weight excluding hydrogens is 731 g/mol. The molecule has 0 saturated carbocycles. The topological polar surface area (TPSA) is 116 Å². The van der Waals surface area contributed by atoms with Crippen LogP contribution in [0.25, 0.3) is 5.69 Å². The van der Waals surface area contributed by atoms with Crippen molar-refractivity contribution in [3.8, 4) is 11.4 Å².